The summed E-state index contributed by atoms with van der Waals surface area (Å²) < 4.78 is 31.7. The van der Waals surface area contributed by atoms with E-state index in [1.807, 2.05) is 0 Å². The van der Waals surface area contributed by atoms with E-state index in [4.69, 9.17) is 8.92 Å². The second-order valence-corrected chi connectivity index (χ2v) is 6.20. The van der Waals surface area contributed by atoms with Gasteiger partial charge in [-0.15, -0.1) is 0 Å². The molecule has 0 aromatic heterocycles. The monoisotopic (exact) mass is 317 g/mol. The van der Waals surface area contributed by atoms with Gasteiger partial charge < -0.3 is 10.1 Å². The SMILES string of the molecule is C=C(C)C(=O)NCC(=O)OC1C2CCC(C2)C1O[SH](=O)=O. The Morgan fingerprint density at radius 1 is 1.24 bits per heavy atom. The molecule has 2 bridgehead atoms. The molecular formula is C13H19NO6S. The van der Waals surface area contributed by atoms with Crippen molar-refractivity contribution in [1.29, 1.82) is 0 Å². The molecule has 2 aliphatic rings. The Bertz CT molecular complexity index is 521. The average Bonchev–Trinajstić information content (AvgIpc) is 2.98. The van der Waals surface area contributed by atoms with Crippen molar-refractivity contribution in [2.75, 3.05) is 6.54 Å². The molecule has 7 nitrogen and oxygen atoms in total. The normalized spacial score (nSPS) is 30.4. The lowest BCUT2D eigenvalue weighted by Gasteiger charge is -2.28. The first-order chi connectivity index (χ1) is 9.88. The van der Waals surface area contributed by atoms with E-state index >= 15 is 0 Å². The lowest BCUT2D eigenvalue weighted by molar-refractivity contribution is -0.156. The molecule has 4 unspecified atom stereocenters. The molecule has 0 radical (unpaired) electrons. The summed E-state index contributed by atoms with van der Waals surface area (Å²) in [4.78, 5) is 23.1. The second-order valence-electron chi connectivity index (χ2n) is 5.54. The van der Waals surface area contributed by atoms with Gasteiger partial charge in [0.1, 0.15) is 18.8 Å². The van der Waals surface area contributed by atoms with Gasteiger partial charge in [0, 0.05) is 5.57 Å². The number of carbonyl (C=O) groups is 2. The predicted octanol–water partition coefficient (Wildman–Crippen LogP) is -0.0680. The second kappa shape index (κ2) is 6.57. The van der Waals surface area contributed by atoms with E-state index in [0.717, 1.165) is 19.3 Å². The molecule has 4 atom stereocenters. The van der Waals surface area contributed by atoms with Crippen molar-refractivity contribution in [3.63, 3.8) is 0 Å². The van der Waals surface area contributed by atoms with Crippen LogP contribution in [0.5, 0.6) is 0 Å². The minimum absolute atomic E-state index is 0.116. The van der Waals surface area contributed by atoms with Crippen LogP contribution in [0.1, 0.15) is 26.2 Å². The van der Waals surface area contributed by atoms with Gasteiger partial charge in [-0.1, -0.05) is 6.58 Å². The van der Waals surface area contributed by atoms with Gasteiger partial charge in [0.25, 0.3) is 11.0 Å². The fourth-order valence-electron chi connectivity index (χ4n) is 3.09. The molecule has 2 fully saturated rings. The number of rotatable bonds is 6. The Balaban J connectivity index is 1.89. The fraction of sp³-hybridized carbons (Fsp3) is 0.692. The third kappa shape index (κ3) is 3.82. The largest absolute Gasteiger partial charge is 0.458 e. The van der Waals surface area contributed by atoms with Crippen molar-refractivity contribution in [2.45, 2.75) is 38.4 Å². The molecule has 118 valence electrons. The van der Waals surface area contributed by atoms with Crippen molar-refractivity contribution in [2.24, 2.45) is 11.8 Å². The maximum Gasteiger partial charge on any atom is 0.325 e. The van der Waals surface area contributed by atoms with E-state index in [1.54, 1.807) is 0 Å². The maximum absolute atomic E-state index is 11.8. The molecule has 2 aliphatic carbocycles. The van der Waals surface area contributed by atoms with Crippen molar-refractivity contribution < 1.29 is 26.9 Å². The molecule has 0 spiro atoms. The minimum atomic E-state index is -2.97. The number of hydrogen-bond acceptors (Lipinski definition) is 6. The zero-order valence-electron chi connectivity index (χ0n) is 11.7. The van der Waals surface area contributed by atoms with Crippen LogP contribution in [-0.2, 0) is 29.5 Å². The van der Waals surface area contributed by atoms with Crippen LogP contribution in [0.25, 0.3) is 0 Å². The van der Waals surface area contributed by atoms with Gasteiger partial charge in [-0.05, 0) is 38.0 Å². The first-order valence-electron chi connectivity index (χ1n) is 6.83. The number of fused-ring (bicyclic) bond motifs is 2. The Hall–Kier alpha value is -1.41. The van der Waals surface area contributed by atoms with Crippen LogP contribution in [-0.4, -0.2) is 39.0 Å². The average molecular weight is 317 g/mol. The predicted molar refractivity (Wildman–Crippen MR) is 73.7 cm³/mol. The summed E-state index contributed by atoms with van der Waals surface area (Å²) in [6, 6.07) is 0. The highest BCUT2D eigenvalue weighted by Crippen LogP contribution is 2.47. The fourth-order valence-corrected chi connectivity index (χ4v) is 3.58. The summed E-state index contributed by atoms with van der Waals surface area (Å²) in [5.74, 6) is -0.770. The van der Waals surface area contributed by atoms with Crippen molar-refractivity contribution in [3.8, 4) is 0 Å². The molecule has 1 amide bonds. The summed E-state index contributed by atoms with van der Waals surface area (Å²) >= 11 is 0. The number of esters is 1. The van der Waals surface area contributed by atoms with Gasteiger partial charge in [-0.25, -0.2) is 8.42 Å². The highest BCUT2D eigenvalue weighted by atomic mass is 32.2. The standard InChI is InChI=1S/C13H19NO6S/c1-7(2)13(16)14-6-10(15)19-11-8-3-4-9(5-8)12(11)20-21(17)18/h8-9,11-12,21H,1,3-6H2,2H3,(H,14,16). The Morgan fingerprint density at radius 3 is 2.43 bits per heavy atom. The van der Waals surface area contributed by atoms with E-state index in [0.29, 0.717) is 5.57 Å². The van der Waals surface area contributed by atoms with E-state index in [-0.39, 0.29) is 18.4 Å². The van der Waals surface area contributed by atoms with Crippen molar-refractivity contribution in [3.05, 3.63) is 12.2 Å². The van der Waals surface area contributed by atoms with Gasteiger partial charge in [-0.3, -0.25) is 13.8 Å². The minimum Gasteiger partial charge on any atom is -0.458 e. The Kier molecular flexibility index (Phi) is 5.00. The first-order valence-corrected chi connectivity index (χ1v) is 7.92. The number of thiol groups is 1. The molecule has 1 N–H and O–H groups in total. The Morgan fingerprint density at radius 2 is 1.86 bits per heavy atom. The quantitative estimate of drug-likeness (QED) is 0.404. The summed E-state index contributed by atoms with van der Waals surface area (Å²) in [6.45, 7) is 4.73. The van der Waals surface area contributed by atoms with Gasteiger partial charge in [0.2, 0.25) is 5.91 Å². The van der Waals surface area contributed by atoms with Crippen LogP contribution < -0.4 is 5.32 Å². The molecule has 8 heteroatoms. The highest BCUT2D eigenvalue weighted by molar-refractivity contribution is 7.67. The van der Waals surface area contributed by atoms with E-state index < -0.39 is 35.1 Å². The van der Waals surface area contributed by atoms with Gasteiger partial charge >= 0.3 is 5.97 Å². The summed E-state index contributed by atoms with van der Waals surface area (Å²) in [5, 5.41) is 2.38. The lowest BCUT2D eigenvalue weighted by Crippen LogP contribution is -2.41. The van der Waals surface area contributed by atoms with Crippen molar-refractivity contribution >= 4 is 22.9 Å². The number of nitrogens with one attached hydrogen (secondary N) is 1. The topological polar surface area (TPSA) is 98.8 Å². The molecule has 0 saturated heterocycles. The highest BCUT2D eigenvalue weighted by Gasteiger charge is 2.51. The number of amides is 1. The molecule has 2 saturated carbocycles. The first kappa shape index (κ1) is 16.0. The van der Waals surface area contributed by atoms with E-state index in [9.17, 15) is 18.0 Å². The third-order valence-electron chi connectivity index (χ3n) is 4.02. The van der Waals surface area contributed by atoms with Crippen molar-refractivity contribution in [1.82, 2.24) is 5.32 Å². The van der Waals surface area contributed by atoms with Crippen LogP contribution in [0, 0.1) is 11.8 Å². The zero-order chi connectivity index (χ0) is 15.6. The lowest BCUT2D eigenvalue weighted by atomic mass is 9.95. The maximum atomic E-state index is 11.8. The molecule has 0 aromatic rings. The molecule has 21 heavy (non-hydrogen) atoms. The van der Waals surface area contributed by atoms with Gasteiger partial charge in [0.05, 0.1) is 0 Å². The van der Waals surface area contributed by atoms with Crippen LogP contribution in [0.2, 0.25) is 0 Å². The number of hydrogen-bond donors (Lipinski definition) is 2. The third-order valence-corrected chi connectivity index (χ3v) is 4.44. The van der Waals surface area contributed by atoms with Gasteiger partial charge in [-0.2, -0.15) is 0 Å². The molecule has 0 aliphatic heterocycles. The smallest absolute Gasteiger partial charge is 0.325 e. The summed E-state index contributed by atoms with van der Waals surface area (Å²) in [6.07, 6.45) is 1.45. The van der Waals surface area contributed by atoms with Crippen LogP contribution in [0.15, 0.2) is 12.2 Å². The summed E-state index contributed by atoms with van der Waals surface area (Å²) in [5.41, 5.74) is 0.298. The zero-order valence-corrected chi connectivity index (χ0v) is 12.6. The van der Waals surface area contributed by atoms with E-state index in [2.05, 4.69) is 11.9 Å². The van der Waals surface area contributed by atoms with E-state index in [1.165, 1.54) is 6.92 Å². The molecule has 2 rings (SSSR count). The van der Waals surface area contributed by atoms with Crippen LogP contribution in [0.3, 0.4) is 0 Å². The molecule has 0 aromatic carbocycles. The van der Waals surface area contributed by atoms with Crippen LogP contribution in [0.4, 0.5) is 0 Å². The number of carbonyl (C=O) groups excluding carboxylic acids is 2. The number of ether oxygens (including phenoxy) is 1. The molecule has 0 heterocycles. The van der Waals surface area contributed by atoms with Gasteiger partial charge in [0.15, 0.2) is 0 Å². The van der Waals surface area contributed by atoms with Crippen LogP contribution >= 0.6 is 0 Å². The Labute approximate surface area is 124 Å². The molecular weight excluding hydrogens is 298 g/mol. The summed E-state index contributed by atoms with van der Waals surface area (Å²) in [7, 11) is -2.97.